The number of amides is 2. The molecule has 154 valence electrons. The molecule has 0 N–H and O–H groups in total. The highest BCUT2D eigenvalue weighted by molar-refractivity contribution is 5.98. The van der Waals surface area contributed by atoms with Gasteiger partial charge >= 0.3 is 6.09 Å². The fourth-order valence-electron chi connectivity index (χ4n) is 4.27. The maximum atomic E-state index is 12.7. The van der Waals surface area contributed by atoms with E-state index in [2.05, 4.69) is 26.0 Å². The van der Waals surface area contributed by atoms with Gasteiger partial charge in [-0.15, -0.1) is 0 Å². The van der Waals surface area contributed by atoms with E-state index in [0.29, 0.717) is 18.4 Å². The summed E-state index contributed by atoms with van der Waals surface area (Å²) >= 11 is 0. The highest BCUT2D eigenvalue weighted by atomic mass is 16.6. The Morgan fingerprint density at radius 2 is 1.93 bits per heavy atom. The van der Waals surface area contributed by atoms with Crippen LogP contribution in [0, 0.1) is 5.92 Å². The van der Waals surface area contributed by atoms with Crippen LogP contribution in [-0.4, -0.2) is 47.5 Å². The van der Waals surface area contributed by atoms with Gasteiger partial charge in [0.1, 0.15) is 0 Å². The largest absolute Gasteiger partial charge is 0.449 e. The van der Waals surface area contributed by atoms with Crippen molar-refractivity contribution >= 4 is 12.0 Å². The van der Waals surface area contributed by atoms with E-state index in [0.717, 1.165) is 56.4 Å². The first-order valence-electron chi connectivity index (χ1n) is 10.8. The van der Waals surface area contributed by atoms with Crippen LogP contribution in [0.1, 0.15) is 80.8 Å². The molecule has 0 saturated carbocycles. The minimum Gasteiger partial charge on any atom is -0.449 e. The molecule has 1 atom stereocenters. The van der Waals surface area contributed by atoms with Crippen molar-refractivity contribution in [3.63, 3.8) is 0 Å². The van der Waals surface area contributed by atoms with E-state index in [1.54, 1.807) is 0 Å². The number of benzene rings is 1. The van der Waals surface area contributed by atoms with Gasteiger partial charge < -0.3 is 14.5 Å². The zero-order valence-corrected chi connectivity index (χ0v) is 17.7. The molecule has 1 aromatic rings. The summed E-state index contributed by atoms with van der Waals surface area (Å²) in [6, 6.07) is 6.63. The van der Waals surface area contributed by atoms with Crippen molar-refractivity contribution < 1.29 is 14.3 Å². The first kappa shape index (κ1) is 20.7. The Labute approximate surface area is 169 Å². The van der Waals surface area contributed by atoms with Crippen molar-refractivity contribution in [3.8, 4) is 0 Å². The van der Waals surface area contributed by atoms with E-state index in [1.807, 2.05) is 29.7 Å². The molecule has 0 aromatic heterocycles. The summed E-state index contributed by atoms with van der Waals surface area (Å²) in [7, 11) is 0. The number of carbonyl (C=O) groups is 2. The highest BCUT2D eigenvalue weighted by Gasteiger charge is 2.32. The molecule has 28 heavy (non-hydrogen) atoms. The van der Waals surface area contributed by atoms with Crippen molar-refractivity contribution in [3.05, 3.63) is 34.9 Å². The lowest BCUT2D eigenvalue weighted by Crippen LogP contribution is -2.38. The lowest BCUT2D eigenvalue weighted by atomic mass is 9.88. The predicted octanol–water partition coefficient (Wildman–Crippen LogP) is 4.80. The van der Waals surface area contributed by atoms with Gasteiger partial charge in [0, 0.05) is 31.2 Å². The molecular formula is C23H34N2O3. The summed E-state index contributed by atoms with van der Waals surface area (Å²) in [5, 5.41) is 0. The Hall–Kier alpha value is -2.04. The highest BCUT2D eigenvalue weighted by Crippen LogP contribution is 2.33. The van der Waals surface area contributed by atoms with E-state index < -0.39 is 0 Å². The third-order valence-corrected chi connectivity index (χ3v) is 5.96. The topological polar surface area (TPSA) is 49.9 Å². The lowest BCUT2D eigenvalue weighted by Gasteiger charge is -2.31. The molecule has 0 radical (unpaired) electrons. The molecule has 5 nitrogen and oxygen atoms in total. The molecule has 3 rings (SSSR count). The summed E-state index contributed by atoms with van der Waals surface area (Å²) < 4.78 is 5.35. The second kappa shape index (κ2) is 8.97. The van der Waals surface area contributed by atoms with Gasteiger partial charge in [-0.2, -0.15) is 0 Å². The van der Waals surface area contributed by atoms with E-state index >= 15 is 0 Å². The van der Waals surface area contributed by atoms with Crippen LogP contribution in [0.4, 0.5) is 4.79 Å². The van der Waals surface area contributed by atoms with Crippen LogP contribution in [0.2, 0.25) is 0 Å². The van der Waals surface area contributed by atoms with Crippen LogP contribution < -0.4 is 0 Å². The summed E-state index contributed by atoms with van der Waals surface area (Å²) in [5.74, 6) is 0.970. The molecule has 2 amide bonds. The Morgan fingerprint density at radius 1 is 1.21 bits per heavy atom. The smallest absolute Gasteiger partial charge is 0.409 e. The van der Waals surface area contributed by atoms with Crippen molar-refractivity contribution in [1.29, 1.82) is 0 Å². The molecule has 1 unspecified atom stereocenters. The number of piperidine rings is 1. The molecule has 1 fully saturated rings. The molecule has 0 spiro atoms. The third kappa shape index (κ3) is 4.50. The summed E-state index contributed by atoms with van der Waals surface area (Å²) in [4.78, 5) is 28.7. The number of hydrogen-bond donors (Lipinski definition) is 0. The van der Waals surface area contributed by atoms with E-state index in [-0.39, 0.29) is 18.0 Å². The number of hydrogen-bond acceptors (Lipinski definition) is 3. The van der Waals surface area contributed by atoms with Gasteiger partial charge in [0.2, 0.25) is 0 Å². The Balaban J connectivity index is 1.60. The molecule has 1 aromatic carbocycles. The third-order valence-electron chi connectivity index (χ3n) is 5.96. The van der Waals surface area contributed by atoms with Gasteiger partial charge in [0.05, 0.1) is 6.61 Å². The van der Waals surface area contributed by atoms with E-state index in [4.69, 9.17) is 4.74 Å². The fraction of sp³-hybridized carbons (Fsp3) is 0.652. The van der Waals surface area contributed by atoms with Gasteiger partial charge in [-0.05, 0) is 55.2 Å². The Bertz CT molecular complexity index is 708. The molecule has 2 aliphatic rings. The normalized spacial score (nSPS) is 18.5. The van der Waals surface area contributed by atoms with Crippen LogP contribution in [0.25, 0.3) is 0 Å². The molecule has 2 heterocycles. The van der Waals surface area contributed by atoms with Crippen LogP contribution in [0.5, 0.6) is 0 Å². The van der Waals surface area contributed by atoms with Gasteiger partial charge in [-0.3, -0.25) is 4.79 Å². The van der Waals surface area contributed by atoms with Crippen LogP contribution in [0.15, 0.2) is 18.2 Å². The Kier molecular flexibility index (Phi) is 6.63. The molecule has 1 saturated heterocycles. The number of likely N-dealkylation sites (tertiary alicyclic amines) is 1. The van der Waals surface area contributed by atoms with Crippen LogP contribution in [-0.2, 0) is 11.3 Å². The minimum absolute atomic E-state index is 0.171. The quantitative estimate of drug-likeness (QED) is 0.705. The zero-order valence-electron chi connectivity index (χ0n) is 17.7. The predicted molar refractivity (Wildman–Crippen MR) is 110 cm³/mol. The number of nitrogens with zero attached hydrogens (tertiary/aromatic N) is 2. The summed E-state index contributed by atoms with van der Waals surface area (Å²) in [6.07, 6.45) is 3.83. The second-order valence-corrected chi connectivity index (χ2v) is 8.72. The number of carbonyl (C=O) groups excluding carboxylic acids is 2. The molecular weight excluding hydrogens is 352 g/mol. The maximum Gasteiger partial charge on any atom is 0.409 e. The number of fused-ring (bicyclic) bond motifs is 1. The molecule has 5 heteroatoms. The minimum atomic E-state index is -0.188. The van der Waals surface area contributed by atoms with E-state index in [9.17, 15) is 9.59 Å². The zero-order chi connectivity index (χ0) is 20.3. The molecule has 2 aliphatic heterocycles. The maximum absolute atomic E-state index is 12.7. The fourth-order valence-corrected chi connectivity index (χ4v) is 4.27. The lowest BCUT2D eigenvalue weighted by molar-refractivity contribution is 0.0708. The monoisotopic (exact) mass is 386 g/mol. The number of ether oxygens (including phenoxy) is 1. The molecule has 0 aliphatic carbocycles. The SMILES string of the molecule is CCCC(C)N1Cc2cc(C3CCN(C(=O)OCC(C)C)CC3)ccc2C1=O. The summed E-state index contributed by atoms with van der Waals surface area (Å²) in [6.45, 7) is 11.1. The van der Waals surface area contributed by atoms with E-state index in [1.165, 1.54) is 5.56 Å². The first-order chi connectivity index (χ1) is 13.4. The van der Waals surface area contributed by atoms with Crippen LogP contribution >= 0.6 is 0 Å². The number of rotatable bonds is 6. The van der Waals surface area contributed by atoms with Crippen molar-refractivity contribution in [1.82, 2.24) is 9.80 Å². The van der Waals surface area contributed by atoms with Crippen molar-refractivity contribution in [2.45, 2.75) is 71.9 Å². The average Bonchev–Trinajstić information content (AvgIpc) is 3.02. The second-order valence-electron chi connectivity index (χ2n) is 8.72. The average molecular weight is 387 g/mol. The molecule has 0 bridgehead atoms. The van der Waals surface area contributed by atoms with Gasteiger partial charge in [0.15, 0.2) is 0 Å². The van der Waals surface area contributed by atoms with Gasteiger partial charge in [0.25, 0.3) is 5.91 Å². The van der Waals surface area contributed by atoms with Crippen molar-refractivity contribution in [2.24, 2.45) is 5.92 Å². The van der Waals surface area contributed by atoms with Gasteiger partial charge in [-0.25, -0.2) is 4.79 Å². The van der Waals surface area contributed by atoms with Crippen LogP contribution in [0.3, 0.4) is 0 Å². The van der Waals surface area contributed by atoms with Crippen molar-refractivity contribution in [2.75, 3.05) is 19.7 Å². The first-order valence-corrected chi connectivity index (χ1v) is 10.8. The standard InChI is InChI=1S/C23H34N2O3/c1-5-6-17(4)25-14-20-13-19(7-8-21(20)22(25)26)18-9-11-24(12-10-18)23(27)28-15-16(2)3/h7-8,13,16-18H,5-6,9-12,14-15H2,1-4H3. The Morgan fingerprint density at radius 3 is 2.57 bits per heavy atom. The summed E-state index contributed by atoms with van der Waals surface area (Å²) in [5.41, 5.74) is 3.32. The van der Waals surface area contributed by atoms with Gasteiger partial charge in [-0.1, -0.05) is 39.3 Å².